The van der Waals surface area contributed by atoms with Gasteiger partial charge in [-0.25, -0.2) is 17.5 Å². The van der Waals surface area contributed by atoms with E-state index in [1.54, 1.807) is 18.2 Å². The first kappa shape index (κ1) is 26.8. The Bertz CT molecular complexity index is 1050. The molecule has 0 aromatic heterocycles. The standard InChI is InChI=1S/C23H31ClFN3O5S/c1-28(2)22-15-19-20(13-16(24)14-21(19)25)23(22)33-17-3-5-18(6-4-17)34(29,30)27-8-10-32-12-11-31-9-7-26/h3-6,13-14,22-23,27H,7-12,15,26H2,1-2H3/t22-,23-/m0/s1. The van der Waals surface area contributed by atoms with Crippen molar-refractivity contribution in [1.82, 2.24) is 9.62 Å². The number of sulfonamides is 1. The minimum absolute atomic E-state index is 0.0891. The van der Waals surface area contributed by atoms with Crippen LogP contribution in [-0.2, 0) is 25.9 Å². The van der Waals surface area contributed by atoms with Crippen molar-refractivity contribution in [3.63, 3.8) is 0 Å². The predicted molar refractivity (Wildman–Crippen MR) is 128 cm³/mol. The maximum atomic E-state index is 14.5. The van der Waals surface area contributed by atoms with Gasteiger partial charge in [0.25, 0.3) is 0 Å². The average molecular weight is 516 g/mol. The molecule has 1 aliphatic carbocycles. The maximum absolute atomic E-state index is 14.5. The topological polar surface area (TPSA) is 103 Å². The average Bonchev–Trinajstić information content (AvgIpc) is 3.15. The Hall–Kier alpha value is -1.79. The molecule has 3 rings (SSSR count). The van der Waals surface area contributed by atoms with Crippen molar-refractivity contribution in [1.29, 1.82) is 0 Å². The summed E-state index contributed by atoms with van der Waals surface area (Å²) in [4.78, 5) is 2.09. The van der Waals surface area contributed by atoms with Gasteiger partial charge >= 0.3 is 0 Å². The number of likely N-dealkylation sites (N-methyl/N-ethyl adjacent to an activating group) is 1. The van der Waals surface area contributed by atoms with Crippen molar-refractivity contribution in [2.45, 2.75) is 23.5 Å². The molecular weight excluding hydrogens is 485 g/mol. The van der Waals surface area contributed by atoms with Crippen molar-refractivity contribution >= 4 is 21.6 Å². The third kappa shape index (κ3) is 6.88. The highest BCUT2D eigenvalue weighted by Crippen LogP contribution is 2.40. The zero-order chi connectivity index (χ0) is 24.7. The van der Waals surface area contributed by atoms with Crippen LogP contribution in [0, 0.1) is 5.82 Å². The predicted octanol–water partition coefficient (Wildman–Crippen LogP) is 2.36. The Balaban J connectivity index is 1.60. The van der Waals surface area contributed by atoms with Crippen LogP contribution in [0.25, 0.3) is 0 Å². The van der Waals surface area contributed by atoms with E-state index in [1.165, 1.54) is 18.2 Å². The largest absolute Gasteiger partial charge is 0.484 e. The lowest BCUT2D eigenvalue weighted by Crippen LogP contribution is -2.34. The number of hydrogen-bond acceptors (Lipinski definition) is 7. The molecule has 0 fully saturated rings. The summed E-state index contributed by atoms with van der Waals surface area (Å²) in [5.74, 6) is 0.130. The van der Waals surface area contributed by atoms with Crippen molar-refractivity contribution < 1.29 is 27.0 Å². The summed E-state index contributed by atoms with van der Waals surface area (Å²) in [6, 6.07) is 9.06. The van der Waals surface area contributed by atoms with Gasteiger partial charge in [0.2, 0.25) is 10.0 Å². The van der Waals surface area contributed by atoms with Crippen LogP contribution in [0.1, 0.15) is 17.2 Å². The number of halogens is 2. The fraction of sp³-hybridized carbons (Fsp3) is 0.478. The zero-order valence-corrected chi connectivity index (χ0v) is 20.9. The molecule has 1 aliphatic rings. The minimum atomic E-state index is -3.70. The van der Waals surface area contributed by atoms with Gasteiger partial charge < -0.3 is 24.8 Å². The van der Waals surface area contributed by atoms with E-state index >= 15 is 0 Å². The molecule has 8 nitrogen and oxygen atoms in total. The van der Waals surface area contributed by atoms with E-state index in [2.05, 4.69) is 4.72 Å². The Labute approximate surface area is 205 Å². The number of fused-ring (bicyclic) bond motifs is 1. The van der Waals surface area contributed by atoms with Crippen molar-refractivity contribution in [3.8, 4) is 5.75 Å². The van der Waals surface area contributed by atoms with E-state index in [9.17, 15) is 12.8 Å². The molecule has 0 bridgehead atoms. The molecule has 188 valence electrons. The van der Waals surface area contributed by atoms with Gasteiger partial charge in [0.05, 0.1) is 37.4 Å². The lowest BCUT2D eigenvalue weighted by Gasteiger charge is -2.27. The molecule has 2 atom stereocenters. The van der Waals surface area contributed by atoms with Gasteiger partial charge in [0.15, 0.2) is 0 Å². The first-order valence-corrected chi connectivity index (χ1v) is 12.8. The van der Waals surface area contributed by atoms with E-state index in [1.807, 2.05) is 19.0 Å². The summed E-state index contributed by atoms with van der Waals surface area (Å²) >= 11 is 6.08. The zero-order valence-electron chi connectivity index (χ0n) is 19.3. The van der Waals surface area contributed by atoms with E-state index in [0.29, 0.717) is 54.7 Å². The van der Waals surface area contributed by atoms with Gasteiger partial charge in [0.1, 0.15) is 17.7 Å². The second-order valence-electron chi connectivity index (χ2n) is 8.11. The number of benzene rings is 2. The second kappa shape index (κ2) is 12.3. The molecule has 2 aromatic carbocycles. The SMILES string of the molecule is CN(C)[C@H]1Cc2c(F)cc(Cl)cc2[C@@H]1Oc1ccc(S(=O)(=O)NCCOCCOCCN)cc1. The van der Waals surface area contributed by atoms with Gasteiger partial charge in [-0.15, -0.1) is 0 Å². The van der Waals surface area contributed by atoms with Crippen LogP contribution < -0.4 is 15.2 Å². The third-order valence-electron chi connectivity index (χ3n) is 5.50. The van der Waals surface area contributed by atoms with Crippen molar-refractivity contribution in [2.24, 2.45) is 5.73 Å². The van der Waals surface area contributed by atoms with Crippen LogP contribution in [-0.4, -0.2) is 73.0 Å². The summed E-state index contributed by atoms with van der Waals surface area (Å²) < 4.78 is 58.7. The molecule has 0 amide bonds. The quantitative estimate of drug-likeness (QED) is 0.395. The van der Waals surface area contributed by atoms with E-state index in [0.717, 1.165) is 0 Å². The number of rotatable bonds is 13. The van der Waals surface area contributed by atoms with Gasteiger partial charge in [-0.05, 0) is 62.5 Å². The van der Waals surface area contributed by atoms with Crippen LogP contribution >= 0.6 is 11.6 Å². The molecule has 34 heavy (non-hydrogen) atoms. The molecule has 0 saturated heterocycles. The maximum Gasteiger partial charge on any atom is 0.240 e. The number of nitrogens with one attached hydrogen (secondary N) is 1. The first-order chi connectivity index (χ1) is 16.2. The summed E-state index contributed by atoms with van der Waals surface area (Å²) in [6.07, 6.45) is 0.0536. The first-order valence-electron chi connectivity index (χ1n) is 11.0. The number of hydrogen-bond donors (Lipinski definition) is 2. The van der Waals surface area contributed by atoms with Crippen molar-refractivity contribution in [2.75, 3.05) is 53.6 Å². The van der Waals surface area contributed by atoms with Gasteiger partial charge in [-0.3, -0.25) is 0 Å². The highest BCUT2D eigenvalue weighted by molar-refractivity contribution is 7.89. The Morgan fingerprint density at radius 3 is 2.44 bits per heavy atom. The molecule has 0 radical (unpaired) electrons. The fourth-order valence-electron chi connectivity index (χ4n) is 3.79. The van der Waals surface area contributed by atoms with Crippen LogP contribution in [0.2, 0.25) is 5.02 Å². The lowest BCUT2D eigenvalue weighted by molar-refractivity contribution is 0.0530. The summed E-state index contributed by atoms with van der Waals surface area (Å²) in [6.45, 7) is 2.03. The number of nitrogens with zero attached hydrogens (tertiary/aromatic N) is 1. The normalized spacial score (nSPS) is 17.8. The molecule has 0 unspecified atom stereocenters. The highest BCUT2D eigenvalue weighted by Gasteiger charge is 2.37. The molecule has 0 spiro atoms. The van der Waals surface area contributed by atoms with Crippen LogP contribution in [0.3, 0.4) is 0 Å². The molecule has 0 heterocycles. The Morgan fingerprint density at radius 2 is 1.79 bits per heavy atom. The highest BCUT2D eigenvalue weighted by atomic mass is 35.5. The smallest absolute Gasteiger partial charge is 0.240 e. The number of nitrogens with two attached hydrogens (primary N) is 1. The summed E-state index contributed by atoms with van der Waals surface area (Å²) in [5, 5.41) is 0.309. The Kier molecular flexibility index (Phi) is 9.66. The monoisotopic (exact) mass is 515 g/mol. The fourth-order valence-corrected chi connectivity index (χ4v) is 5.02. The summed E-state index contributed by atoms with van der Waals surface area (Å²) in [5.41, 5.74) is 6.61. The van der Waals surface area contributed by atoms with E-state index in [-0.39, 0.29) is 29.9 Å². The molecule has 11 heteroatoms. The molecule has 2 aromatic rings. The Morgan fingerprint density at radius 1 is 1.12 bits per heavy atom. The van der Waals surface area contributed by atoms with Gasteiger partial charge in [-0.1, -0.05) is 11.6 Å². The number of ether oxygens (including phenoxy) is 3. The van der Waals surface area contributed by atoms with Crippen LogP contribution in [0.4, 0.5) is 4.39 Å². The van der Waals surface area contributed by atoms with Crippen LogP contribution in [0.15, 0.2) is 41.3 Å². The van der Waals surface area contributed by atoms with Gasteiger partial charge in [0, 0.05) is 23.7 Å². The van der Waals surface area contributed by atoms with Crippen LogP contribution in [0.5, 0.6) is 5.75 Å². The van der Waals surface area contributed by atoms with Gasteiger partial charge in [-0.2, -0.15) is 0 Å². The lowest BCUT2D eigenvalue weighted by atomic mass is 10.1. The molecular formula is C23H31ClFN3O5S. The van der Waals surface area contributed by atoms with E-state index in [4.69, 9.17) is 31.5 Å². The molecule has 3 N–H and O–H groups in total. The minimum Gasteiger partial charge on any atom is -0.484 e. The summed E-state index contributed by atoms with van der Waals surface area (Å²) in [7, 11) is 0.116. The molecule has 0 aliphatic heterocycles. The molecule has 0 saturated carbocycles. The van der Waals surface area contributed by atoms with E-state index < -0.39 is 16.1 Å². The van der Waals surface area contributed by atoms with Crippen molar-refractivity contribution in [3.05, 3.63) is 58.4 Å². The third-order valence-corrected chi connectivity index (χ3v) is 7.19. The second-order valence-corrected chi connectivity index (χ2v) is 10.3.